The minimum Gasteiger partial charge on any atom is -0.485 e. The highest BCUT2D eigenvalue weighted by molar-refractivity contribution is 5.32. The number of aryl methyl sites for hydroxylation is 1. The van der Waals surface area contributed by atoms with Gasteiger partial charge in [0.2, 0.25) is 0 Å². The summed E-state index contributed by atoms with van der Waals surface area (Å²) in [6.07, 6.45) is 0.843. The van der Waals surface area contributed by atoms with Crippen molar-refractivity contribution >= 4 is 0 Å². The van der Waals surface area contributed by atoms with Crippen molar-refractivity contribution in [2.75, 3.05) is 6.54 Å². The maximum Gasteiger partial charge on any atom is 0.125 e. The molecule has 2 aromatic rings. The molecule has 2 N–H and O–H groups in total. The van der Waals surface area contributed by atoms with Gasteiger partial charge in [-0.15, -0.1) is 0 Å². The average Bonchev–Trinajstić information content (AvgIpc) is 2.42. The van der Waals surface area contributed by atoms with Gasteiger partial charge in [0.05, 0.1) is 0 Å². The van der Waals surface area contributed by atoms with Crippen molar-refractivity contribution in [2.24, 2.45) is 5.73 Å². The maximum absolute atomic E-state index is 6.09. The molecule has 0 aliphatic heterocycles. The van der Waals surface area contributed by atoms with Crippen LogP contribution in [0.2, 0.25) is 0 Å². The summed E-state index contributed by atoms with van der Waals surface area (Å²) >= 11 is 0. The van der Waals surface area contributed by atoms with Gasteiger partial charge in [-0.1, -0.05) is 48.5 Å². The zero-order valence-corrected chi connectivity index (χ0v) is 10.7. The van der Waals surface area contributed by atoms with E-state index in [-0.39, 0.29) is 6.10 Å². The van der Waals surface area contributed by atoms with Gasteiger partial charge in [0.15, 0.2) is 0 Å². The number of nitrogens with two attached hydrogens (primary N) is 1. The van der Waals surface area contributed by atoms with E-state index >= 15 is 0 Å². The third-order valence-corrected chi connectivity index (χ3v) is 2.96. The summed E-state index contributed by atoms with van der Waals surface area (Å²) in [7, 11) is 0. The molecular weight excluding hydrogens is 224 g/mol. The van der Waals surface area contributed by atoms with Gasteiger partial charge in [-0.25, -0.2) is 0 Å². The van der Waals surface area contributed by atoms with Crippen LogP contribution in [0.5, 0.6) is 5.75 Å². The molecule has 2 nitrogen and oxygen atoms in total. The number of hydrogen-bond donors (Lipinski definition) is 1. The topological polar surface area (TPSA) is 35.2 Å². The molecule has 0 unspecified atom stereocenters. The van der Waals surface area contributed by atoms with Gasteiger partial charge in [-0.05, 0) is 30.7 Å². The number of rotatable bonds is 5. The molecule has 0 amide bonds. The van der Waals surface area contributed by atoms with Gasteiger partial charge in [-0.2, -0.15) is 0 Å². The molecular formula is C16H19NO. The van der Waals surface area contributed by atoms with Crippen LogP contribution in [-0.4, -0.2) is 6.54 Å². The Hall–Kier alpha value is -1.80. The lowest BCUT2D eigenvalue weighted by molar-refractivity contribution is 0.196. The molecule has 0 aliphatic carbocycles. The molecule has 0 fully saturated rings. The smallest absolute Gasteiger partial charge is 0.125 e. The summed E-state index contributed by atoms with van der Waals surface area (Å²) < 4.78 is 6.09. The van der Waals surface area contributed by atoms with Gasteiger partial charge in [0.1, 0.15) is 11.9 Å². The van der Waals surface area contributed by atoms with Gasteiger partial charge in [0.25, 0.3) is 0 Å². The quantitative estimate of drug-likeness (QED) is 0.872. The summed E-state index contributed by atoms with van der Waals surface area (Å²) in [5.41, 5.74) is 8.00. The molecule has 0 heterocycles. The summed E-state index contributed by atoms with van der Waals surface area (Å²) in [5.74, 6) is 0.930. The fraction of sp³-hybridized carbons (Fsp3) is 0.250. The first-order chi connectivity index (χ1) is 8.81. The average molecular weight is 243 g/mol. The number of benzene rings is 2. The first-order valence-corrected chi connectivity index (χ1v) is 6.28. The Morgan fingerprint density at radius 3 is 2.33 bits per heavy atom. The summed E-state index contributed by atoms with van der Waals surface area (Å²) in [5, 5.41) is 0. The SMILES string of the molecule is Cc1ccccc1O[14C@H](CCN)c1ccccc1. The molecule has 0 spiro atoms. The molecule has 0 aliphatic rings. The first kappa shape index (κ1) is 12.7. The Labute approximate surface area is 108 Å². The second-order valence-electron chi connectivity index (χ2n) is 4.36. The summed E-state index contributed by atoms with van der Waals surface area (Å²) in [6.45, 7) is 2.67. The standard InChI is InChI=1S/C16H19NO/c1-13-7-5-6-10-15(13)18-16(11-12-17)14-8-3-2-4-9-14/h2-10,16H,11-12,17H2,1H3/t16-/m1/s1/i16+2. The van der Waals surface area contributed by atoms with Crippen LogP contribution in [0, 0.1) is 6.92 Å². The molecule has 0 aromatic heterocycles. The van der Waals surface area contributed by atoms with Crippen LogP contribution in [0.3, 0.4) is 0 Å². The highest BCUT2D eigenvalue weighted by atomic mass is 16.7. The Kier molecular flexibility index (Phi) is 4.37. The van der Waals surface area contributed by atoms with Crippen LogP contribution in [0.25, 0.3) is 0 Å². The van der Waals surface area contributed by atoms with Crippen LogP contribution in [0.15, 0.2) is 54.6 Å². The van der Waals surface area contributed by atoms with Crippen molar-refractivity contribution in [1.29, 1.82) is 0 Å². The molecule has 0 saturated heterocycles. The second kappa shape index (κ2) is 6.22. The first-order valence-electron chi connectivity index (χ1n) is 6.28. The molecule has 0 saturated carbocycles. The third kappa shape index (κ3) is 3.11. The predicted molar refractivity (Wildman–Crippen MR) is 74.7 cm³/mol. The zero-order valence-electron chi connectivity index (χ0n) is 10.7. The molecule has 0 radical (unpaired) electrons. The Morgan fingerprint density at radius 1 is 1.00 bits per heavy atom. The van der Waals surface area contributed by atoms with Crippen LogP contribution in [0.4, 0.5) is 0 Å². The fourth-order valence-corrected chi connectivity index (χ4v) is 1.95. The lowest BCUT2D eigenvalue weighted by Crippen LogP contribution is -2.13. The van der Waals surface area contributed by atoms with Crippen molar-refractivity contribution in [1.82, 2.24) is 0 Å². The Morgan fingerprint density at radius 2 is 1.67 bits per heavy atom. The van der Waals surface area contributed by atoms with E-state index < -0.39 is 0 Å². The van der Waals surface area contributed by atoms with Crippen molar-refractivity contribution < 1.29 is 4.74 Å². The van der Waals surface area contributed by atoms with Crippen molar-refractivity contribution in [3.05, 3.63) is 65.7 Å². The lowest BCUT2D eigenvalue weighted by atomic mass is 10.2. The van der Waals surface area contributed by atoms with Crippen molar-refractivity contribution in [3.63, 3.8) is 0 Å². The lowest BCUT2D eigenvalue weighted by Gasteiger charge is -2.20. The fourth-order valence-electron chi connectivity index (χ4n) is 1.95. The van der Waals surface area contributed by atoms with Crippen LogP contribution in [-0.2, 0) is 0 Å². The maximum atomic E-state index is 6.09. The number of para-hydroxylation sites is 1. The van der Waals surface area contributed by atoms with E-state index in [0.29, 0.717) is 6.54 Å². The van der Waals surface area contributed by atoms with E-state index in [2.05, 4.69) is 25.1 Å². The highest BCUT2D eigenvalue weighted by Crippen LogP contribution is 2.26. The molecule has 2 aromatic carbocycles. The monoisotopic (exact) mass is 243 g/mol. The molecule has 0 bridgehead atoms. The minimum atomic E-state index is 0.0253. The number of hydrogen-bond acceptors (Lipinski definition) is 2. The predicted octanol–water partition coefficient (Wildman–Crippen LogP) is 3.46. The van der Waals surface area contributed by atoms with Crippen molar-refractivity contribution in [2.45, 2.75) is 19.4 Å². The van der Waals surface area contributed by atoms with E-state index in [0.717, 1.165) is 17.7 Å². The van der Waals surface area contributed by atoms with E-state index in [4.69, 9.17) is 10.5 Å². The normalized spacial score (nSPS) is 12.1. The summed E-state index contributed by atoms with van der Waals surface area (Å²) in [4.78, 5) is 0. The highest BCUT2D eigenvalue weighted by Gasteiger charge is 2.13. The van der Waals surface area contributed by atoms with E-state index in [1.54, 1.807) is 0 Å². The van der Waals surface area contributed by atoms with Crippen LogP contribution < -0.4 is 10.5 Å². The zero-order chi connectivity index (χ0) is 12.8. The number of ether oxygens (including phenoxy) is 1. The molecule has 18 heavy (non-hydrogen) atoms. The molecule has 2 rings (SSSR count). The van der Waals surface area contributed by atoms with Crippen LogP contribution >= 0.6 is 0 Å². The van der Waals surface area contributed by atoms with Gasteiger partial charge in [-0.3, -0.25) is 0 Å². The molecule has 1 atom stereocenters. The van der Waals surface area contributed by atoms with Crippen LogP contribution in [0.1, 0.15) is 23.7 Å². The largest absolute Gasteiger partial charge is 0.485 e. The van der Waals surface area contributed by atoms with Crippen molar-refractivity contribution in [3.8, 4) is 5.75 Å². The Balaban J connectivity index is 2.19. The third-order valence-electron chi connectivity index (χ3n) is 2.96. The molecule has 2 heteroatoms. The van der Waals surface area contributed by atoms with E-state index in [1.165, 1.54) is 5.56 Å². The van der Waals surface area contributed by atoms with Gasteiger partial charge < -0.3 is 10.5 Å². The van der Waals surface area contributed by atoms with Gasteiger partial charge in [0, 0.05) is 6.42 Å². The Bertz CT molecular complexity index is 481. The second-order valence-corrected chi connectivity index (χ2v) is 4.36. The minimum absolute atomic E-state index is 0.0253. The van der Waals surface area contributed by atoms with Gasteiger partial charge >= 0.3 is 0 Å². The van der Waals surface area contributed by atoms with E-state index in [9.17, 15) is 0 Å². The van der Waals surface area contributed by atoms with E-state index in [1.807, 2.05) is 36.4 Å². The summed E-state index contributed by atoms with van der Waals surface area (Å²) in [6, 6.07) is 18.3. The molecule has 94 valence electrons.